The Morgan fingerprint density at radius 2 is 1.60 bits per heavy atom. The second kappa shape index (κ2) is 4.89. The van der Waals surface area contributed by atoms with Crippen LogP contribution in [0.2, 0.25) is 10.0 Å². The van der Waals surface area contributed by atoms with Crippen LogP contribution in [0.15, 0.2) is 36.5 Å². The standard InChI is InChI=1S/C14H8Cl2N2O2/c15-11-5-9-10(6-12(11)16)14(20)18(13(9)19)7-8-3-1-2-4-17-8/h1-6H,7H2. The van der Waals surface area contributed by atoms with Gasteiger partial charge in [-0.3, -0.25) is 19.5 Å². The summed E-state index contributed by atoms with van der Waals surface area (Å²) in [4.78, 5) is 29.8. The molecule has 0 saturated heterocycles. The van der Waals surface area contributed by atoms with Crippen molar-refractivity contribution < 1.29 is 9.59 Å². The highest BCUT2D eigenvalue weighted by Gasteiger charge is 2.36. The number of hydrogen-bond donors (Lipinski definition) is 0. The second-order valence-corrected chi connectivity index (χ2v) is 5.14. The maximum Gasteiger partial charge on any atom is 0.261 e. The SMILES string of the molecule is O=C1c2cc(Cl)c(Cl)cc2C(=O)N1Cc1ccccn1. The molecule has 0 atom stereocenters. The van der Waals surface area contributed by atoms with E-state index in [4.69, 9.17) is 23.2 Å². The number of amides is 2. The lowest BCUT2D eigenvalue weighted by molar-refractivity contribution is 0.0640. The van der Waals surface area contributed by atoms with Gasteiger partial charge in [-0.25, -0.2) is 0 Å². The zero-order valence-electron chi connectivity index (χ0n) is 10.1. The molecule has 0 aliphatic carbocycles. The van der Waals surface area contributed by atoms with Crippen molar-refractivity contribution in [2.24, 2.45) is 0 Å². The van der Waals surface area contributed by atoms with Gasteiger partial charge in [-0.2, -0.15) is 0 Å². The molecule has 0 saturated carbocycles. The summed E-state index contributed by atoms with van der Waals surface area (Å²) < 4.78 is 0. The second-order valence-electron chi connectivity index (χ2n) is 4.33. The van der Waals surface area contributed by atoms with Crippen molar-refractivity contribution >= 4 is 35.0 Å². The summed E-state index contributed by atoms with van der Waals surface area (Å²) in [7, 11) is 0. The number of hydrogen-bond acceptors (Lipinski definition) is 3. The molecule has 2 heterocycles. The number of nitrogens with zero attached hydrogens (tertiary/aromatic N) is 2. The van der Waals surface area contributed by atoms with Crippen LogP contribution in [0.4, 0.5) is 0 Å². The lowest BCUT2D eigenvalue weighted by atomic mass is 10.1. The van der Waals surface area contributed by atoms with Crippen LogP contribution in [0.1, 0.15) is 26.4 Å². The topological polar surface area (TPSA) is 50.3 Å². The molecule has 1 aliphatic heterocycles. The van der Waals surface area contributed by atoms with E-state index >= 15 is 0 Å². The molecule has 1 aliphatic rings. The van der Waals surface area contributed by atoms with Crippen LogP contribution in [0.3, 0.4) is 0 Å². The van der Waals surface area contributed by atoms with Crippen molar-refractivity contribution in [3.8, 4) is 0 Å². The molecule has 20 heavy (non-hydrogen) atoms. The zero-order valence-corrected chi connectivity index (χ0v) is 11.6. The van der Waals surface area contributed by atoms with Crippen molar-refractivity contribution in [3.63, 3.8) is 0 Å². The summed E-state index contributed by atoms with van der Waals surface area (Å²) in [5.41, 5.74) is 1.19. The van der Waals surface area contributed by atoms with E-state index in [0.717, 1.165) is 4.90 Å². The molecule has 0 spiro atoms. The Hall–Kier alpha value is -1.91. The average Bonchev–Trinajstić information content (AvgIpc) is 2.66. The minimum Gasteiger partial charge on any atom is -0.269 e. The number of carbonyl (C=O) groups is 2. The predicted octanol–water partition coefficient (Wildman–Crippen LogP) is 3.18. The van der Waals surface area contributed by atoms with Crippen LogP contribution in [-0.2, 0) is 6.54 Å². The van der Waals surface area contributed by atoms with Crippen LogP contribution in [-0.4, -0.2) is 21.7 Å². The van der Waals surface area contributed by atoms with Crippen LogP contribution in [0, 0.1) is 0 Å². The molecule has 1 aromatic heterocycles. The van der Waals surface area contributed by atoms with Crippen molar-refractivity contribution in [2.45, 2.75) is 6.54 Å². The molecule has 6 heteroatoms. The molecule has 2 amide bonds. The van der Waals surface area contributed by atoms with Crippen LogP contribution < -0.4 is 0 Å². The normalized spacial score (nSPS) is 13.8. The van der Waals surface area contributed by atoms with E-state index in [9.17, 15) is 9.59 Å². The Labute approximate surface area is 124 Å². The number of carbonyl (C=O) groups excluding carboxylic acids is 2. The van der Waals surface area contributed by atoms with E-state index in [1.807, 2.05) is 0 Å². The Morgan fingerprint density at radius 1 is 1.00 bits per heavy atom. The number of fused-ring (bicyclic) bond motifs is 1. The maximum atomic E-state index is 12.3. The quantitative estimate of drug-likeness (QED) is 0.801. The van der Waals surface area contributed by atoms with Crippen LogP contribution in [0.5, 0.6) is 0 Å². The molecule has 0 bridgehead atoms. The molecule has 0 unspecified atom stereocenters. The number of benzene rings is 1. The van der Waals surface area contributed by atoms with Gasteiger partial charge in [0, 0.05) is 6.20 Å². The first-order chi connectivity index (χ1) is 9.58. The minimum absolute atomic E-state index is 0.127. The Balaban J connectivity index is 1.97. The maximum absolute atomic E-state index is 12.3. The molecule has 0 fully saturated rings. The van der Waals surface area contributed by atoms with Gasteiger partial charge < -0.3 is 0 Å². The van der Waals surface area contributed by atoms with Gasteiger partial charge in [-0.05, 0) is 24.3 Å². The first-order valence-electron chi connectivity index (χ1n) is 5.83. The molecule has 2 aromatic rings. The van der Waals surface area contributed by atoms with Crippen molar-refractivity contribution in [3.05, 3.63) is 63.4 Å². The average molecular weight is 307 g/mol. The third-order valence-corrected chi connectivity index (χ3v) is 3.78. The highest BCUT2D eigenvalue weighted by atomic mass is 35.5. The van der Waals surface area contributed by atoms with E-state index in [1.165, 1.54) is 12.1 Å². The number of halogens is 2. The lowest BCUT2D eigenvalue weighted by Gasteiger charge is -2.12. The summed E-state index contributed by atoms with van der Waals surface area (Å²) in [5.74, 6) is -0.761. The first-order valence-corrected chi connectivity index (χ1v) is 6.58. The fraction of sp³-hybridized carbons (Fsp3) is 0.0714. The predicted molar refractivity (Wildman–Crippen MR) is 74.9 cm³/mol. The van der Waals surface area contributed by atoms with E-state index in [1.54, 1.807) is 24.4 Å². The number of aromatic nitrogens is 1. The molecule has 0 radical (unpaired) electrons. The van der Waals surface area contributed by atoms with Crippen LogP contribution in [0.25, 0.3) is 0 Å². The zero-order chi connectivity index (χ0) is 14.3. The minimum atomic E-state index is -0.380. The van der Waals surface area contributed by atoms with Gasteiger partial charge in [-0.1, -0.05) is 29.3 Å². The number of pyridine rings is 1. The lowest BCUT2D eigenvalue weighted by Crippen LogP contribution is -2.29. The number of imide groups is 1. The third kappa shape index (κ3) is 2.07. The summed E-state index contributed by atoms with van der Waals surface area (Å²) in [6, 6.07) is 8.18. The van der Waals surface area contributed by atoms with E-state index in [0.29, 0.717) is 5.69 Å². The van der Waals surface area contributed by atoms with Gasteiger partial charge in [0.2, 0.25) is 0 Å². The highest BCUT2D eigenvalue weighted by Crippen LogP contribution is 2.31. The van der Waals surface area contributed by atoms with Crippen molar-refractivity contribution in [2.75, 3.05) is 0 Å². The Bertz CT molecular complexity index is 676. The summed E-state index contributed by atoms with van der Waals surface area (Å²) in [6.07, 6.45) is 1.61. The van der Waals surface area contributed by atoms with Crippen LogP contribution >= 0.6 is 23.2 Å². The summed E-state index contributed by atoms with van der Waals surface area (Å²) in [6.45, 7) is 0.127. The van der Waals surface area contributed by atoms with Gasteiger partial charge in [0.05, 0.1) is 33.4 Å². The molecular weight excluding hydrogens is 299 g/mol. The molecular formula is C14H8Cl2N2O2. The van der Waals surface area contributed by atoms with Gasteiger partial charge in [0.1, 0.15) is 0 Å². The van der Waals surface area contributed by atoms with Gasteiger partial charge in [0.25, 0.3) is 11.8 Å². The van der Waals surface area contributed by atoms with Gasteiger partial charge in [-0.15, -0.1) is 0 Å². The smallest absolute Gasteiger partial charge is 0.261 e. The van der Waals surface area contributed by atoms with E-state index in [2.05, 4.69) is 4.98 Å². The fourth-order valence-electron chi connectivity index (χ4n) is 2.08. The van der Waals surface area contributed by atoms with E-state index in [-0.39, 0.29) is 39.5 Å². The number of rotatable bonds is 2. The highest BCUT2D eigenvalue weighted by molar-refractivity contribution is 6.43. The van der Waals surface area contributed by atoms with Gasteiger partial charge in [0.15, 0.2) is 0 Å². The largest absolute Gasteiger partial charge is 0.269 e. The molecule has 1 aromatic carbocycles. The monoisotopic (exact) mass is 306 g/mol. The summed E-state index contributed by atoms with van der Waals surface area (Å²) >= 11 is 11.8. The molecule has 100 valence electrons. The van der Waals surface area contributed by atoms with E-state index < -0.39 is 0 Å². The molecule has 3 rings (SSSR count). The molecule has 4 nitrogen and oxygen atoms in total. The fourth-order valence-corrected chi connectivity index (χ4v) is 2.41. The molecule has 0 N–H and O–H groups in total. The van der Waals surface area contributed by atoms with Crippen molar-refractivity contribution in [1.29, 1.82) is 0 Å². The first kappa shape index (κ1) is 13.1. The van der Waals surface area contributed by atoms with Crippen molar-refractivity contribution in [1.82, 2.24) is 9.88 Å². The third-order valence-electron chi connectivity index (χ3n) is 3.06. The van der Waals surface area contributed by atoms with Gasteiger partial charge >= 0.3 is 0 Å². The summed E-state index contributed by atoms with van der Waals surface area (Å²) in [5, 5.41) is 0.512. The Morgan fingerprint density at radius 3 is 2.10 bits per heavy atom. The Kier molecular flexibility index (Phi) is 3.20.